The van der Waals surface area contributed by atoms with Gasteiger partial charge in [-0.1, -0.05) is 0 Å². The first-order valence-corrected chi connectivity index (χ1v) is 7.51. The summed E-state index contributed by atoms with van der Waals surface area (Å²) in [5.41, 5.74) is 0.682. The second kappa shape index (κ2) is 6.05. The number of hydrogen-bond donors (Lipinski definition) is 1. The topological polar surface area (TPSA) is 50.2 Å². The molecule has 1 aliphatic carbocycles. The van der Waals surface area contributed by atoms with Crippen LogP contribution < -0.4 is 10.9 Å². The van der Waals surface area contributed by atoms with Gasteiger partial charge in [0, 0.05) is 19.1 Å². The van der Waals surface area contributed by atoms with Crippen molar-refractivity contribution >= 4 is 21.6 Å². The van der Waals surface area contributed by atoms with E-state index in [0.29, 0.717) is 4.47 Å². The van der Waals surface area contributed by atoms with Crippen molar-refractivity contribution in [3.05, 3.63) is 21.0 Å². The molecule has 0 unspecified atom stereocenters. The first-order valence-electron chi connectivity index (χ1n) is 6.72. The Bertz CT molecular complexity index is 496. The number of nitrogens with zero attached hydrogens (tertiary/aromatic N) is 3. The molecular weight excluding hydrogens is 308 g/mol. The molecule has 1 saturated carbocycles. The van der Waals surface area contributed by atoms with Gasteiger partial charge in [-0.3, -0.25) is 4.79 Å². The molecule has 0 bridgehead atoms. The first-order chi connectivity index (χ1) is 9.00. The minimum absolute atomic E-state index is 0.0684. The third-order valence-electron chi connectivity index (χ3n) is 3.38. The molecule has 0 spiro atoms. The molecule has 5 nitrogen and oxygen atoms in total. The zero-order valence-corrected chi connectivity index (χ0v) is 13.3. The molecule has 1 aliphatic rings. The molecule has 1 aromatic rings. The fourth-order valence-electron chi connectivity index (χ4n) is 2.00. The Morgan fingerprint density at radius 1 is 1.58 bits per heavy atom. The first kappa shape index (κ1) is 14.5. The van der Waals surface area contributed by atoms with E-state index in [0.717, 1.165) is 24.8 Å². The summed E-state index contributed by atoms with van der Waals surface area (Å²) >= 11 is 3.36. The van der Waals surface area contributed by atoms with E-state index in [1.54, 1.807) is 6.20 Å². The normalized spacial score (nSPS) is 15.3. The molecule has 0 atom stereocenters. The molecular formula is C13H21BrN4O. The van der Waals surface area contributed by atoms with Crippen LogP contribution in [0.15, 0.2) is 15.5 Å². The lowest BCUT2D eigenvalue weighted by molar-refractivity contribution is 0.337. The fraction of sp³-hybridized carbons (Fsp3) is 0.692. The second-order valence-electron chi connectivity index (χ2n) is 5.35. The zero-order chi connectivity index (χ0) is 14.0. The van der Waals surface area contributed by atoms with E-state index >= 15 is 0 Å². The van der Waals surface area contributed by atoms with E-state index < -0.39 is 0 Å². The molecule has 0 saturated heterocycles. The van der Waals surface area contributed by atoms with E-state index in [4.69, 9.17) is 0 Å². The van der Waals surface area contributed by atoms with Gasteiger partial charge in [0.25, 0.3) is 5.56 Å². The number of anilines is 1. The van der Waals surface area contributed by atoms with Gasteiger partial charge in [-0.15, -0.1) is 0 Å². The van der Waals surface area contributed by atoms with Crippen LogP contribution in [0.2, 0.25) is 0 Å². The van der Waals surface area contributed by atoms with E-state index in [-0.39, 0.29) is 11.6 Å². The summed E-state index contributed by atoms with van der Waals surface area (Å²) in [6.45, 7) is 5.68. The molecule has 19 heavy (non-hydrogen) atoms. The highest BCUT2D eigenvalue weighted by Crippen LogP contribution is 2.25. The summed E-state index contributed by atoms with van der Waals surface area (Å²) in [7, 11) is 2.14. The highest BCUT2D eigenvalue weighted by atomic mass is 79.9. The van der Waals surface area contributed by atoms with Crippen molar-refractivity contribution in [2.45, 2.75) is 38.8 Å². The number of rotatable bonds is 6. The van der Waals surface area contributed by atoms with Crippen LogP contribution in [-0.4, -0.2) is 40.9 Å². The van der Waals surface area contributed by atoms with Crippen molar-refractivity contribution < 1.29 is 0 Å². The molecule has 0 aliphatic heterocycles. The van der Waals surface area contributed by atoms with Crippen molar-refractivity contribution in [2.24, 2.45) is 0 Å². The number of likely N-dealkylation sites (N-methyl/N-ethyl adjacent to an activating group) is 1. The Balaban J connectivity index is 1.96. The smallest absolute Gasteiger partial charge is 0.283 e. The van der Waals surface area contributed by atoms with Gasteiger partial charge in [0.2, 0.25) is 0 Å². The Morgan fingerprint density at radius 3 is 2.84 bits per heavy atom. The SMILES string of the molecule is CC(C)n1ncc(NCCN(C)C2CC2)c(Br)c1=O. The van der Waals surface area contributed by atoms with E-state index in [9.17, 15) is 4.79 Å². The summed E-state index contributed by atoms with van der Waals surface area (Å²) in [6.07, 6.45) is 4.33. The molecule has 1 aromatic heterocycles. The lowest BCUT2D eigenvalue weighted by Gasteiger charge is -2.17. The molecule has 0 aromatic carbocycles. The molecule has 0 radical (unpaired) electrons. The lowest BCUT2D eigenvalue weighted by Crippen LogP contribution is -2.29. The van der Waals surface area contributed by atoms with Gasteiger partial charge in [-0.05, 0) is 49.7 Å². The second-order valence-corrected chi connectivity index (χ2v) is 6.15. The van der Waals surface area contributed by atoms with E-state index in [1.165, 1.54) is 17.5 Å². The van der Waals surface area contributed by atoms with Crippen LogP contribution in [0.5, 0.6) is 0 Å². The van der Waals surface area contributed by atoms with Crippen molar-refractivity contribution in [1.29, 1.82) is 0 Å². The van der Waals surface area contributed by atoms with Gasteiger partial charge < -0.3 is 10.2 Å². The average Bonchev–Trinajstić information content (AvgIpc) is 3.18. The third-order valence-corrected chi connectivity index (χ3v) is 4.15. The maximum Gasteiger partial charge on any atom is 0.283 e. The minimum Gasteiger partial charge on any atom is -0.381 e. The predicted molar refractivity (Wildman–Crippen MR) is 80.7 cm³/mol. The Kier molecular flexibility index (Phi) is 4.62. The highest BCUT2D eigenvalue weighted by molar-refractivity contribution is 9.10. The quantitative estimate of drug-likeness (QED) is 0.868. The van der Waals surface area contributed by atoms with Crippen molar-refractivity contribution in [2.75, 3.05) is 25.5 Å². The number of aromatic nitrogens is 2. The summed E-state index contributed by atoms with van der Waals surface area (Å²) < 4.78 is 2.04. The van der Waals surface area contributed by atoms with E-state index in [2.05, 4.69) is 38.3 Å². The summed E-state index contributed by atoms with van der Waals surface area (Å²) in [5, 5.41) is 7.45. The molecule has 1 fully saturated rings. The van der Waals surface area contributed by atoms with Gasteiger partial charge in [-0.25, -0.2) is 4.68 Å². The third kappa shape index (κ3) is 3.57. The molecule has 6 heteroatoms. The van der Waals surface area contributed by atoms with Gasteiger partial charge >= 0.3 is 0 Å². The van der Waals surface area contributed by atoms with Crippen LogP contribution in [0.1, 0.15) is 32.7 Å². The van der Waals surface area contributed by atoms with Crippen LogP contribution >= 0.6 is 15.9 Å². The Hall–Kier alpha value is -0.880. The van der Waals surface area contributed by atoms with Gasteiger partial charge in [0.1, 0.15) is 4.47 Å². The van der Waals surface area contributed by atoms with Gasteiger partial charge in [-0.2, -0.15) is 5.10 Å². The molecule has 0 amide bonds. The molecule has 1 heterocycles. The zero-order valence-electron chi connectivity index (χ0n) is 11.7. The predicted octanol–water partition coefficient (Wildman–Crippen LogP) is 2.09. The monoisotopic (exact) mass is 328 g/mol. The highest BCUT2D eigenvalue weighted by Gasteiger charge is 2.25. The molecule has 2 rings (SSSR count). The number of hydrogen-bond acceptors (Lipinski definition) is 4. The Morgan fingerprint density at radius 2 is 2.26 bits per heavy atom. The van der Waals surface area contributed by atoms with Crippen molar-refractivity contribution in [3.63, 3.8) is 0 Å². The van der Waals surface area contributed by atoms with Crippen molar-refractivity contribution in [3.8, 4) is 0 Å². The summed E-state index contributed by atoms with van der Waals surface area (Å²) in [6, 6.07) is 0.830. The van der Waals surface area contributed by atoms with Crippen LogP contribution in [0, 0.1) is 0 Å². The molecule has 106 valence electrons. The van der Waals surface area contributed by atoms with Crippen LogP contribution in [0.25, 0.3) is 0 Å². The summed E-state index contributed by atoms with van der Waals surface area (Å²) in [4.78, 5) is 14.4. The largest absolute Gasteiger partial charge is 0.381 e. The standard InChI is InChI=1S/C13H21BrN4O/c1-9(2)18-13(19)12(14)11(8-16-18)15-6-7-17(3)10-4-5-10/h8-10,15H,4-7H2,1-3H3. The van der Waals surface area contributed by atoms with Crippen molar-refractivity contribution in [1.82, 2.24) is 14.7 Å². The molecule has 1 N–H and O–H groups in total. The maximum atomic E-state index is 12.0. The fourth-order valence-corrected chi connectivity index (χ4v) is 2.42. The minimum atomic E-state index is -0.0875. The van der Waals surface area contributed by atoms with E-state index in [1.807, 2.05) is 13.8 Å². The van der Waals surface area contributed by atoms with Crippen LogP contribution in [0.3, 0.4) is 0 Å². The number of halogens is 1. The van der Waals surface area contributed by atoms with Crippen LogP contribution in [0.4, 0.5) is 5.69 Å². The summed E-state index contributed by atoms with van der Waals surface area (Å²) in [5.74, 6) is 0. The van der Waals surface area contributed by atoms with Crippen LogP contribution in [-0.2, 0) is 0 Å². The van der Waals surface area contributed by atoms with Gasteiger partial charge in [0.15, 0.2) is 0 Å². The maximum absolute atomic E-state index is 12.0. The lowest BCUT2D eigenvalue weighted by atomic mass is 10.4. The van der Waals surface area contributed by atoms with Gasteiger partial charge in [0.05, 0.1) is 17.9 Å². The Labute approximate surface area is 122 Å². The average molecular weight is 329 g/mol. The number of nitrogens with one attached hydrogen (secondary N) is 1.